The van der Waals surface area contributed by atoms with Crippen molar-refractivity contribution in [3.63, 3.8) is 0 Å². The van der Waals surface area contributed by atoms with E-state index in [9.17, 15) is 5.11 Å². The minimum Gasteiger partial charge on any atom is -0.508 e. The lowest BCUT2D eigenvalue weighted by atomic mass is 9.99. The smallest absolute Gasteiger partial charge is 0.132 e. The Kier molecular flexibility index (Phi) is 5.63. The molecule has 0 amide bonds. The molecule has 3 nitrogen and oxygen atoms in total. The van der Waals surface area contributed by atoms with Crippen LogP contribution in [0.25, 0.3) is 0 Å². The molecule has 2 aromatic rings. The number of hydrogen-bond acceptors (Lipinski definition) is 3. The van der Waals surface area contributed by atoms with Crippen molar-refractivity contribution >= 4 is 24.0 Å². The summed E-state index contributed by atoms with van der Waals surface area (Å²) in [4.78, 5) is 4.98. The monoisotopic (exact) mass is 299 g/mol. The molecule has 0 aromatic heterocycles. The summed E-state index contributed by atoms with van der Waals surface area (Å²) >= 11 is 5.84. The average Bonchev–Trinajstić information content (AvgIpc) is 2.35. The molecule has 1 atom stereocenters. The van der Waals surface area contributed by atoms with E-state index in [2.05, 4.69) is 0 Å². The molecule has 0 fully saturated rings. The zero-order valence-electron chi connectivity index (χ0n) is 10.3. The van der Waals surface area contributed by atoms with Crippen LogP contribution in [0.5, 0.6) is 5.75 Å². The van der Waals surface area contributed by atoms with Crippen LogP contribution < -0.4 is 5.90 Å². The van der Waals surface area contributed by atoms with Gasteiger partial charge in [-0.1, -0.05) is 35.9 Å². The molecule has 0 saturated carbocycles. The molecule has 2 aromatic carbocycles. The highest BCUT2D eigenvalue weighted by atomic mass is 35.5. The zero-order chi connectivity index (χ0) is 13.1. The molecule has 0 spiro atoms. The van der Waals surface area contributed by atoms with Gasteiger partial charge in [0, 0.05) is 10.6 Å². The van der Waals surface area contributed by atoms with Crippen molar-refractivity contribution in [1.82, 2.24) is 0 Å². The van der Waals surface area contributed by atoms with Crippen molar-refractivity contribution in [2.75, 3.05) is 0 Å². The van der Waals surface area contributed by atoms with Gasteiger partial charge in [-0.3, -0.25) is 4.84 Å². The fourth-order valence-electron chi connectivity index (χ4n) is 1.84. The fourth-order valence-corrected chi connectivity index (χ4v) is 1.97. The Morgan fingerprint density at radius 3 is 2.32 bits per heavy atom. The highest BCUT2D eigenvalue weighted by Crippen LogP contribution is 2.32. The van der Waals surface area contributed by atoms with Crippen LogP contribution in [0.3, 0.4) is 0 Å². The summed E-state index contributed by atoms with van der Waals surface area (Å²) in [6.45, 7) is 1.91. The summed E-state index contributed by atoms with van der Waals surface area (Å²) in [6, 6.07) is 12.5. The summed E-state index contributed by atoms with van der Waals surface area (Å²) in [5.41, 5.74) is 2.44. The first-order valence-electron chi connectivity index (χ1n) is 5.52. The number of aryl methyl sites for hydroxylation is 1. The maximum absolute atomic E-state index is 9.95. The minimum absolute atomic E-state index is 0. The first-order valence-corrected chi connectivity index (χ1v) is 5.90. The van der Waals surface area contributed by atoms with Gasteiger partial charge in [0.2, 0.25) is 0 Å². The van der Waals surface area contributed by atoms with Crippen LogP contribution in [0.1, 0.15) is 22.8 Å². The van der Waals surface area contributed by atoms with E-state index in [0.717, 1.165) is 11.1 Å². The maximum Gasteiger partial charge on any atom is 0.132 e. The van der Waals surface area contributed by atoms with Crippen LogP contribution in [0, 0.1) is 6.92 Å². The van der Waals surface area contributed by atoms with Crippen LogP contribution in [-0.2, 0) is 4.84 Å². The van der Waals surface area contributed by atoms with Crippen molar-refractivity contribution in [2.45, 2.75) is 13.0 Å². The lowest BCUT2D eigenvalue weighted by Gasteiger charge is -2.17. The van der Waals surface area contributed by atoms with Gasteiger partial charge < -0.3 is 5.11 Å². The van der Waals surface area contributed by atoms with E-state index in [1.165, 1.54) is 0 Å². The van der Waals surface area contributed by atoms with Crippen LogP contribution in [-0.4, -0.2) is 5.11 Å². The quantitative estimate of drug-likeness (QED) is 0.849. The summed E-state index contributed by atoms with van der Waals surface area (Å²) < 4.78 is 0. The molecule has 0 bridgehead atoms. The molecular weight excluding hydrogens is 285 g/mol. The van der Waals surface area contributed by atoms with E-state index in [1.54, 1.807) is 24.3 Å². The van der Waals surface area contributed by atoms with E-state index >= 15 is 0 Å². The van der Waals surface area contributed by atoms with E-state index in [1.807, 2.05) is 25.1 Å². The molecule has 3 N–H and O–H groups in total. The second-order valence-electron chi connectivity index (χ2n) is 4.13. The van der Waals surface area contributed by atoms with Gasteiger partial charge in [-0.15, -0.1) is 12.4 Å². The normalized spacial score (nSPS) is 11.7. The van der Waals surface area contributed by atoms with Gasteiger partial charge in [0.25, 0.3) is 0 Å². The number of phenols is 1. The number of benzene rings is 2. The molecule has 2 rings (SSSR count). The van der Waals surface area contributed by atoms with Crippen molar-refractivity contribution in [3.8, 4) is 5.75 Å². The molecular formula is C14H15Cl2NO2. The number of hydrogen-bond donors (Lipinski definition) is 2. The number of halogens is 2. The van der Waals surface area contributed by atoms with Crippen molar-refractivity contribution in [2.24, 2.45) is 5.90 Å². The fraction of sp³-hybridized carbons (Fsp3) is 0.143. The highest BCUT2D eigenvalue weighted by molar-refractivity contribution is 6.30. The Bertz CT molecular complexity index is 544. The third-order valence-corrected chi connectivity index (χ3v) is 3.03. The first-order chi connectivity index (χ1) is 8.61. The number of aromatic hydroxyl groups is 1. The Labute approximate surface area is 123 Å². The van der Waals surface area contributed by atoms with E-state index in [4.69, 9.17) is 22.3 Å². The summed E-state index contributed by atoms with van der Waals surface area (Å²) in [7, 11) is 0. The van der Waals surface area contributed by atoms with E-state index < -0.39 is 6.10 Å². The number of phenolic OH excluding ortho intramolecular Hbond substituents is 1. The molecule has 0 aliphatic carbocycles. The zero-order valence-corrected chi connectivity index (χ0v) is 11.9. The molecule has 0 radical (unpaired) electrons. The van der Waals surface area contributed by atoms with Crippen LogP contribution in [0.15, 0.2) is 42.5 Å². The molecule has 0 heterocycles. The predicted molar refractivity (Wildman–Crippen MR) is 78.7 cm³/mol. The second-order valence-corrected chi connectivity index (χ2v) is 4.57. The topological polar surface area (TPSA) is 55.5 Å². The van der Waals surface area contributed by atoms with Crippen molar-refractivity contribution < 1.29 is 9.94 Å². The minimum atomic E-state index is -0.511. The molecule has 5 heteroatoms. The summed E-state index contributed by atoms with van der Waals surface area (Å²) in [5.74, 6) is 5.50. The van der Waals surface area contributed by atoms with Gasteiger partial charge in [0.1, 0.15) is 11.9 Å². The first kappa shape index (κ1) is 15.8. The van der Waals surface area contributed by atoms with Gasteiger partial charge in [0.05, 0.1) is 0 Å². The van der Waals surface area contributed by atoms with Gasteiger partial charge in [-0.05, 0) is 36.2 Å². The number of nitrogens with two attached hydrogens (primary N) is 1. The van der Waals surface area contributed by atoms with E-state index in [0.29, 0.717) is 10.6 Å². The Morgan fingerprint density at radius 1 is 1.16 bits per heavy atom. The van der Waals surface area contributed by atoms with Gasteiger partial charge in [0.15, 0.2) is 0 Å². The predicted octanol–water partition coefficient (Wildman–Crippen LogP) is 3.76. The third kappa shape index (κ3) is 3.61. The van der Waals surface area contributed by atoms with Gasteiger partial charge >= 0.3 is 0 Å². The molecule has 0 aliphatic heterocycles. The lowest BCUT2D eigenvalue weighted by Crippen LogP contribution is -2.11. The Hall–Kier alpha value is -1.26. The summed E-state index contributed by atoms with van der Waals surface area (Å²) in [6.07, 6.45) is -0.511. The molecule has 19 heavy (non-hydrogen) atoms. The van der Waals surface area contributed by atoms with Gasteiger partial charge in [-0.2, -0.15) is 0 Å². The van der Waals surface area contributed by atoms with Crippen molar-refractivity contribution in [3.05, 3.63) is 64.2 Å². The SMILES string of the molecule is Cc1ccc(C(ON)c2ccc(Cl)cc2)c(O)c1.Cl. The maximum atomic E-state index is 9.95. The second kappa shape index (κ2) is 6.78. The molecule has 102 valence electrons. The largest absolute Gasteiger partial charge is 0.508 e. The third-order valence-electron chi connectivity index (χ3n) is 2.78. The Morgan fingerprint density at radius 2 is 1.79 bits per heavy atom. The van der Waals surface area contributed by atoms with E-state index in [-0.39, 0.29) is 18.2 Å². The highest BCUT2D eigenvalue weighted by Gasteiger charge is 2.17. The molecule has 1 unspecified atom stereocenters. The van der Waals surface area contributed by atoms with Crippen molar-refractivity contribution in [1.29, 1.82) is 0 Å². The Balaban J connectivity index is 0.00000180. The van der Waals surface area contributed by atoms with Gasteiger partial charge in [-0.25, -0.2) is 5.90 Å². The number of rotatable bonds is 3. The molecule has 0 aliphatic rings. The molecule has 0 saturated heterocycles. The summed E-state index contributed by atoms with van der Waals surface area (Å²) in [5, 5.41) is 10.6. The van der Waals surface area contributed by atoms with Crippen LogP contribution >= 0.6 is 24.0 Å². The van der Waals surface area contributed by atoms with Crippen LogP contribution in [0.2, 0.25) is 5.02 Å². The standard InChI is InChI=1S/C14H14ClNO2.ClH/c1-9-2-7-12(13(17)8-9)14(18-16)10-3-5-11(15)6-4-10;/h2-8,14,17H,16H2,1H3;1H. The van der Waals surface area contributed by atoms with Crippen LogP contribution in [0.4, 0.5) is 0 Å². The lowest BCUT2D eigenvalue weighted by molar-refractivity contribution is 0.0795. The average molecular weight is 300 g/mol.